The first-order valence-corrected chi connectivity index (χ1v) is 13.9. The predicted molar refractivity (Wildman–Crippen MR) is 151 cm³/mol. The lowest BCUT2D eigenvalue weighted by atomic mass is 9.85. The van der Waals surface area contributed by atoms with Crippen LogP contribution in [0.4, 0.5) is 0 Å². The molecule has 11 N–H and O–H groups in total. The number of methoxy groups -OCH3 is 2. The topological polar surface area (TPSA) is 290 Å². The summed E-state index contributed by atoms with van der Waals surface area (Å²) in [6.07, 6.45) is -18.5. The number of ether oxygens (including phenoxy) is 4. The Morgan fingerprint density at radius 3 is 1.59 bits per heavy atom. The second-order valence-corrected chi connectivity index (χ2v) is 10.9. The molecule has 0 saturated carbocycles. The molecule has 17 nitrogen and oxygen atoms in total. The van der Waals surface area contributed by atoms with E-state index in [2.05, 4.69) is 0 Å². The second-order valence-electron chi connectivity index (χ2n) is 10.9. The molecule has 0 radical (unpaired) electrons. The van der Waals surface area contributed by atoms with Gasteiger partial charge in [0.25, 0.3) is 0 Å². The molecule has 0 aliphatic carbocycles. The van der Waals surface area contributed by atoms with E-state index in [0.29, 0.717) is 0 Å². The van der Waals surface area contributed by atoms with Crippen LogP contribution in [0.25, 0.3) is 22.3 Å². The molecule has 1 aromatic heterocycles. The molecule has 2 fully saturated rings. The first kappa shape index (κ1) is 33.6. The molecule has 2 saturated heterocycles. The largest absolute Gasteiger partial charge is 0.507 e. The monoisotopic (exact) mass is 654 g/mol. The normalized spacial score (nSPS) is 31.6. The average molecular weight is 655 g/mol. The number of fused-ring (bicyclic) bond motifs is 1. The number of rotatable bonds is 7. The number of phenols is 3. The minimum Gasteiger partial charge on any atom is -0.507 e. The van der Waals surface area contributed by atoms with Crippen LogP contribution in [-0.4, -0.2) is 132 Å². The Morgan fingerprint density at radius 2 is 1.13 bits per heavy atom. The maximum atomic E-state index is 13.7. The van der Waals surface area contributed by atoms with Gasteiger partial charge in [-0.25, -0.2) is 0 Å². The van der Waals surface area contributed by atoms with Gasteiger partial charge in [0.15, 0.2) is 22.5 Å². The van der Waals surface area contributed by atoms with Crippen molar-refractivity contribution in [2.75, 3.05) is 27.4 Å². The van der Waals surface area contributed by atoms with E-state index >= 15 is 0 Å². The van der Waals surface area contributed by atoms with Crippen LogP contribution in [0.15, 0.2) is 27.4 Å². The van der Waals surface area contributed by atoms with Crippen LogP contribution in [0.5, 0.6) is 28.7 Å². The molecule has 3 heterocycles. The summed E-state index contributed by atoms with van der Waals surface area (Å²) in [5, 5.41) is 116. The van der Waals surface area contributed by atoms with Gasteiger partial charge in [-0.2, -0.15) is 0 Å². The summed E-state index contributed by atoms with van der Waals surface area (Å²) in [5.41, 5.74) is -2.88. The molecule has 5 rings (SSSR count). The summed E-state index contributed by atoms with van der Waals surface area (Å²) in [6, 6.07) is 3.47. The average Bonchev–Trinajstić information content (AvgIpc) is 3.04. The predicted octanol–water partition coefficient (Wildman–Crippen LogP) is -2.38. The molecule has 0 spiro atoms. The van der Waals surface area contributed by atoms with Crippen molar-refractivity contribution in [1.29, 1.82) is 0 Å². The molecule has 3 aromatic rings. The fourth-order valence-corrected chi connectivity index (χ4v) is 5.80. The number of aromatic hydroxyl groups is 3. The van der Waals surface area contributed by atoms with Gasteiger partial charge in [0.1, 0.15) is 83.7 Å². The summed E-state index contributed by atoms with van der Waals surface area (Å²) in [5.74, 6) is -2.87. The van der Waals surface area contributed by atoms with Gasteiger partial charge in [0, 0.05) is 11.6 Å². The van der Waals surface area contributed by atoms with E-state index in [1.807, 2.05) is 0 Å². The third-order valence-corrected chi connectivity index (χ3v) is 8.31. The van der Waals surface area contributed by atoms with E-state index in [9.17, 15) is 61.0 Å². The third-order valence-electron chi connectivity index (χ3n) is 8.31. The molecular formula is C29H34O17. The number of benzene rings is 2. The second kappa shape index (κ2) is 12.8. The van der Waals surface area contributed by atoms with Crippen molar-refractivity contribution in [3.8, 4) is 40.1 Å². The molecule has 2 aliphatic rings. The quantitative estimate of drug-likeness (QED) is 0.127. The van der Waals surface area contributed by atoms with Crippen molar-refractivity contribution in [3.05, 3.63) is 39.5 Å². The highest BCUT2D eigenvalue weighted by molar-refractivity contribution is 5.92. The molecule has 10 atom stereocenters. The minimum absolute atomic E-state index is 0.0854. The van der Waals surface area contributed by atoms with Crippen molar-refractivity contribution in [2.45, 2.75) is 61.0 Å². The summed E-state index contributed by atoms with van der Waals surface area (Å²) >= 11 is 0. The van der Waals surface area contributed by atoms with E-state index < -0.39 is 113 Å². The summed E-state index contributed by atoms with van der Waals surface area (Å²) in [6.45, 7) is -1.75. The molecule has 2 aromatic carbocycles. The zero-order chi connectivity index (χ0) is 33.8. The van der Waals surface area contributed by atoms with Crippen molar-refractivity contribution in [1.82, 2.24) is 0 Å². The Morgan fingerprint density at radius 1 is 0.652 bits per heavy atom. The molecule has 0 bridgehead atoms. The first-order chi connectivity index (χ1) is 21.8. The fourth-order valence-electron chi connectivity index (χ4n) is 5.80. The van der Waals surface area contributed by atoms with E-state index in [4.69, 9.17) is 23.4 Å². The van der Waals surface area contributed by atoms with Gasteiger partial charge in [-0.3, -0.25) is 4.79 Å². The lowest BCUT2D eigenvalue weighted by molar-refractivity contribution is -0.234. The molecule has 4 unspecified atom stereocenters. The Kier molecular flexibility index (Phi) is 9.35. The summed E-state index contributed by atoms with van der Waals surface area (Å²) in [7, 11) is 2.51. The van der Waals surface area contributed by atoms with Gasteiger partial charge < -0.3 is 79.5 Å². The highest BCUT2D eigenvalue weighted by atomic mass is 16.6. The maximum absolute atomic E-state index is 13.7. The fraction of sp³-hybridized carbons (Fsp3) is 0.483. The maximum Gasteiger partial charge on any atom is 0.200 e. The number of hydrogen-bond acceptors (Lipinski definition) is 17. The zero-order valence-electron chi connectivity index (χ0n) is 24.3. The van der Waals surface area contributed by atoms with Gasteiger partial charge in [-0.05, 0) is 12.1 Å². The number of aliphatic hydroxyl groups excluding tert-OH is 8. The van der Waals surface area contributed by atoms with Gasteiger partial charge in [0.05, 0.1) is 38.6 Å². The van der Waals surface area contributed by atoms with Gasteiger partial charge in [-0.15, -0.1) is 0 Å². The van der Waals surface area contributed by atoms with Crippen LogP contribution in [0.1, 0.15) is 23.3 Å². The Bertz CT molecular complexity index is 1630. The molecule has 0 amide bonds. The van der Waals surface area contributed by atoms with Crippen molar-refractivity contribution in [2.24, 2.45) is 0 Å². The lowest BCUT2D eigenvalue weighted by Gasteiger charge is -2.42. The Hall–Kier alpha value is -3.75. The standard InChI is InChI=1S/C29H34O17/c1-42-11-3-8(4-12(43-2)18(11)33)10-5-9(32)15-21(36)16(28-25(40)23(38)19(34)13(6-30)45-28)22(37)17(27(15)44-10)29-26(41)24(39)20(35)14(7-31)46-29/h3-5,13-14,19-20,23-26,28-31,33-41H,6-7H2,1-2H3/t13?,14?,19-,20-,23+,24+,25?,26?,28+,29+/m1/s1. The zero-order valence-corrected chi connectivity index (χ0v) is 24.3. The van der Waals surface area contributed by atoms with Gasteiger partial charge >= 0.3 is 0 Å². The van der Waals surface area contributed by atoms with E-state index in [1.165, 1.54) is 26.4 Å². The van der Waals surface area contributed by atoms with Crippen LogP contribution >= 0.6 is 0 Å². The number of aliphatic hydroxyl groups is 8. The molecule has 17 heteroatoms. The Labute approximate surface area is 258 Å². The summed E-state index contributed by atoms with van der Waals surface area (Å²) in [4.78, 5) is 13.7. The highest BCUT2D eigenvalue weighted by Crippen LogP contribution is 2.51. The smallest absolute Gasteiger partial charge is 0.200 e. The van der Waals surface area contributed by atoms with Gasteiger partial charge in [-0.1, -0.05) is 0 Å². The third kappa shape index (κ3) is 5.29. The molecule has 252 valence electrons. The molecular weight excluding hydrogens is 620 g/mol. The van der Waals surface area contributed by atoms with E-state index in [0.717, 1.165) is 6.07 Å². The van der Waals surface area contributed by atoms with Crippen LogP contribution in [0.2, 0.25) is 0 Å². The first-order valence-electron chi connectivity index (χ1n) is 13.9. The van der Waals surface area contributed by atoms with Crippen LogP contribution < -0.4 is 14.9 Å². The van der Waals surface area contributed by atoms with E-state index in [1.54, 1.807) is 0 Å². The molecule has 46 heavy (non-hydrogen) atoms. The van der Waals surface area contributed by atoms with Crippen LogP contribution in [0.3, 0.4) is 0 Å². The minimum atomic E-state index is -2.06. The highest BCUT2D eigenvalue weighted by Gasteiger charge is 2.50. The lowest BCUT2D eigenvalue weighted by Crippen LogP contribution is -2.55. The number of phenolic OH excluding ortho intramolecular Hbond substituents is 3. The Balaban J connectivity index is 1.84. The number of hydrogen-bond donors (Lipinski definition) is 11. The van der Waals surface area contributed by atoms with Crippen LogP contribution in [0, 0.1) is 0 Å². The van der Waals surface area contributed by atoms with Crippen molar-refractivity contribution >= 4 is 11.0 Å². The van der Waals surface area contributed by atoms with Crippen LogP contribution in [-0.2, 0) is 9.47 Å². The summed E-state index contributed by atoms with van der Waals surface area (Å²) < 4.78 is 27.5. The van der Waals surface area contributed by atoms with Gasteiger partial charge in [0.2, 0.25) is 5.75 Å². The molecule has 2 aliphatic heterocycles. The van der Waals surface area contributed by atoms with Crippen molar-refractivity contribution in [3.63, 3.8) is 0 Å². The SMILES string of the molecule is COc1cc(-c2cc(=O)c3c(O)c([C@@H]4OC(CO)[C@@H](O)[C@H](O)C4O)c(O)c([C@@H]4OC(CO)[C@@H](O)[C@H](O)C4O)c3o2)cc(OC)c1O. The van der Waals surface area contributed by atoms with E-state index in [-0.39, 0.29) is 28.6 Å². The van der Waals surface area contributed by atoms with Crippen molar-refractivity contribution < 1.29 is 79.5 Å².